The van der Waals surface area contributed by atoms with Gasteiger partial charge >= 0.3 is 0 Å². The Kier molecular flexibility index (Phi) is 7.79. The van der Waals surface area contributed by atoms with Crippen molar-refractivity contribution in [3.63, 3.8) is 0 Å². The lowest BCUT2D eigenvalue weighted by molar-refractivity contribution is 0.0846. The summed E-state index contributed by atoms with van der Waals surface area (Å²) in [6.45, 7) is 5.72. The first-order chi connectivity index (χ1) is 14.2. The second-order valence-electron chi connectivity index (χ2n) is 6.51. The number of rotatable bonds is 8. The average Bonchev–Trinajstić information content (AvgIpc) is 2.71. The second kappa shape index (κ2) is 10.1. The summed E-state index contributed by atoms with van der Waals surface area (Å²) in [4.78, 5) is 24.4. The molecule has 0 saturated carbocycles. The number of hydrogen-bond acceptors (Lipinski definition) is 6. The van der Waals surface area contributed by atoms with Crippen molar-refractivity contribution in [2.24, 2.45) is 0 Å². The summed E-state index contributed by atoms with van der Waals surface area (Å²) in [5, 5.41) is 0. The van der Waals surface area contributed by atoms with Crippen molar-refractivity contribution in [3.05, 3.63) is 53.6 Å². The molecule has 0 heterocycles. The highest BCUT2D eigenvalue weighted by atomic mass is 32.2. The Morgan fingerprint density at radius 3 is 2.07 bits per heavy atom. The van der Waals surface area contributed by atoms with Crippen LogP contribution < -0.4 is 25.0 Å². The van der Waals surface area contributed by atoms with Gasteiger partial charge in [0.25, 0.3) is 11.8 Å². The lowest BCUT2D eigenvalue weighted by Gasteiger charge is -2.14. The number of amides is 2. The molecule has 0 aliphatic carbocycles. The number of methoxy groups -OCH3 is 1. The number of sulfonamides is 1. The van der Waals surface area contributed by atoms with E-state index in [4.69, 9.17) is 9.47 Å². The average molecular weight is 436 g/mol. The van der Waals surface area contributed by atoms with Crippen LogP contribution in [0.3, 0.4) is 0 Å². The molecule has 2 aromatic carbocycles. The molecular weight excluding hydrogens is 410 g/mol. The Morgan fingerprint density at radius 2 is 1.53 bits per heavy atom. The molecule has 10 heteroatoms. The molecule has 0 bridgehead atoms. The van der Waals surface area contributed by atoms with Crippen molar-refractivity contribution in [2.75, 3.05) is 13.7 Å². The molecule has 162 valence electrons. The van der Waals surface area contributed by atoms with E-state index in [-0.39, 0.29) is 22.3 Å². The number of ether oxygens (including phenoxy) is 2. The van der Waals surface area contributed by atoms with Crippen LogP contribution in [0.15, 0.2) is 47.4 Å². The zero-order valence-corrected chi connectivity index (χ0v) is 18.0. The summed E-state index contributed by atoms with van der Waals surface area (Å²) in [6, 6.07) is 10.0. The van der Waals surface area contributed by atoms with Crippen molar-refractivity contribution in [2.45, 2.75) is 31.7 Å². The van der Waals surface area contributed by atoms with Crippen molar-refractivity contribution in [1.29, 1.82) is 0 Å². The summed E-state index contributed by atoms with van der Waals surface area (Å²) in [7, 11) is -2.56. The summed E-state index contributed by atoms with van der Waals surface area (Å²) in [5.74, 6) is -0.495. The normalized spacial score (nSPS) is 11.1. The third kappa shape index (κ3) is 5.94. The first-order valence-corrected chi connectivity index (χ1v) is 10.7. The standard InChI is InChI=1S/C20H25N3O6S/c1-5-29-16-9-6-14(7-10-16)19(24)21-22-20(25)15-8-11-17(28-4)18(12-15)30(26,27)23-13(2)3/h6-13,23H,5H2,1-4H3,(H,21,24)(H,22,25). The SMILES string of the molecule is CCOc1ccc(C(=O)NNC(=O)c2ccc(OC)c(S(=O)(=O)NC(C)C)c2)cc1. The number of nitrogens with one attached hydrogen (secondary N) is 3. The van der Waals surface area contributed by atoms with E-state index in [0.29, 0.717) is 17.9 Å². The van der Waals surface area contributed by atoms with Crippen molar-refractivity contribution in [3.8, 4) is 11.5 Å². The van der Waals surface area contributed by atoms with Crippen LogP contribution in [-0.4, -0.2) is 40.0 Å². The number of carbonyl (C=O) groups is 2. The van der Waals surface area contributed by atoms with Crippen LogP contribution >= 0.6 is 0 Å². The molecular formula is C20H25N3O6S. The summed E-state index contributed by atoms with van der Waals surface area (Å²) >= 11 is 0. The van der Waals surface area contributed by atoms with Crippen molar-refractivity contribution >= 4 is 21.8 Å². The summed E-state index contributed by atoms with van der Waals surface area (Å²) < 4.78 is 37.9. The largest absolute Gasteiger partial charge is 0.495 e. The van der Waals surface area contributed by atoms with Crippen LogP contribution in [0.2, 0.25) is 0 Å². The Balaban J connectivity index is 2.13. The fraction of sp³-hybridized carbons (Fsp3) is 0.300. The fourth-order valence-corrected chi connectivity index (χ4v) is 3.97. The predicted octanol–water partition coefficient (Wildman–Crippen LogP) is 1.86. The van der Waals surface area contributed by atoms with E-state index in [1.165, 1.54) is 25.3 Å². The quantitative estimate of drug-likeness (QED) is 0.544. The molecule has 0 aliphatic heterocycles. The van der Waals surface area contributed by atoms with Crippen LogP contribution in [0.25, 0.3) is 0 Å². The number of benzene rings is 2. The van der Waals surface area contributed by atoms with Gasteiger partial charge in [-0.2, -0.15) is 0 Å². The van der Waals surface area contributed by atoms with E-state index >= 15 is 0 Å². The van der Waals surface area contributed by atoms with Crippen LogP contribution in [0.4, 0.5) is 0 Å². The highest BCUT2D eigenvalue weighted by molar-refractivity contribution is 7.89. The molecule has 2 amide bonds. The van der Waals surface area contributed by atoms with E-state index in [1.807, 2.05) is 6.92 Å². The predicted molar refractivity (Wildman–Crippen MR) is 111 cm³/mol. The highest BCUT2D eigenvalue weighted by Gasteiger charge is 2.22. The Labute approximate surface area is 175 Å². The van der Waals surface area contributed by atoms with E-state index in [0.717, 1.165) is 0 Å². The lowest BCUT2D eigenvalue weighted by atomic mass is 10.2. The topological polar surface area (TPSA) is 123 Å². The molecule has 2 rings (SSSR count). The molecule has 0 aliphatic rings. The first kappa shape index (κ1) is 23.2. The van der Waals surface area contributed by atoms with Crippen LogP contribution in [-0.2, 0) is 10.0 Å². The zero-order chi connectivity index (χ0) is 22.3. The van der Waals surface area contributed by atoms with Gasteiger partial charge in [0.1, 0.15) is 16.4 Å². The van der Waals surface area contributed by atoms with Gasteiger partial charge in [0.15, 0.2) is 0 Å². The Bertz CT molecular complexity index is 1000. The number of carbonyl (C=O) groups excluding carboxylic acids is 2. The Hall–Kier alpha value is -3.11. The van der Waals surface area contributed by atoms with Gasteiger partial charge in [-0.25, -0.2) is 13.1 Å². The van der Waals surface area contributed by atoms with E-state index in [2.05, 4.69) is 15.6 Å². The maximum Gasteiger partial charge on any atom is 0.269 e. The summed E-state index contributed by atoms with van der Waals surface area (Å²) in [6.07, 6.45) is 0. The third-order valence-electron chi connectivity index (χ3n) is 3.82. The molecule has 0 radical (unpaired) electrons. The second-order valence-corrected chi connectivity index (χ2v) is 8.19. The third-order valence-corrected chi connectivity index (χ3v) is 5.50. The zero-order valence-electron chi connectivity index (χ0n) is 17.2. The maximum absolute atomic E-state index is 12.5. The van der Waals surface area contributed by atoms with Crippen molar-refractivity contribution < 1.29 is 27.5 Å². The van der Waals surface area contributed by atoms with Gasteiger partial charge in [0.2, 0.25) is 10.0 Å². The molecule has 9 nitrogen and oxygen atoms in total. The van der Waals surface area contributed by atoms with E-state index in [9.17, 15) is 18.0 Å². The van der Waals surface area contributed by atoms with Crippen LogP contribution in [0.1, 0.15) is 41.5 Å². The smallest absolute Gasteiger partial charge is 0.269 e. The summed E-state index contributed by atoms with van der Waals surface area (Å²) in [5.41, 5.74) is 4.91. The Morgan fingerprint density at radius 1 is 0.967 bits per heavy atom. The molecule has 0 atom stereocenters. The van der Waals surface area contributed by atoms with Gasteiger partial charge in [0, 0.05) is 17.2 Å². The van der Waals surface area contributed by atoms with Crippen LogP contribution in [0.5, 0.6) is 11.5 Å². The fourth-order valence-electron chi connectivity index (χ4n) is 2.53. The molecule has 2 aromatic rings. The van der Waals surface area contributed by atoms with Gasteiger partial charge < -0.3 is 9.47 Å². The van der Waals surface area contributed by atoms with Crippen LogP contribution in [0, 0.1) is 0 Å². The minimum atomic E-state index is -3.90. The number of hydrazine groups is 1. The molecule has 0 spiro atoms. The molecule has 0 unspecified atom stereocenters. The van der Waals surface area contributed by atoms with Gasteiger partial charge in [-0.1, -0.05) is 0 Å². The van der Waals surface area contributed by atoms with Gasteiger partial charge in [-0.3, -0.25) is 20.4 Å². The molecule has 0 aromatic heterocycles. The minimum absolute atomic E-state index is 0.0342. The van der Waals surface area contributed by atoms with E-state index in [1.54, 1.807) is 38.1 Å². The lowest BCUT2D eigenvalue weighted by Crippen LogP contribution is -2.41. The molecule has 0 saturated heterocycles. The highest BCUT2D eigenvalue weighted by Crippen LogP contribution is 2.25. The van der Waals surface area contributed by atoms with Gasteiger partial charge in [-0.05, 0) is 63.2 Å². The molecule has 3 N–H and O–H groups in total. The monoisotopic (exact) mass is 435 g/mol. The number of hydrogen-bond donors (Lipinski definition) is 3. The van der Waals surface area contributed by atoms with Gasteiger partial charge in [0.05, 0.1) is 13.7 Å². The molecule has 0 fully saturated rings. The van der Waals surface area contributed by atoms with Crippen molar-refractivity contribution in [1.82, 2.24) is 15.6 Å². The minimum Gasteiger partial charge on any atom is -0.495 e. The van der Waals surface area contributed by atoms with Gasteiger partial charge in [-0.15, -0.1) is 0 Å². The molecule has 30 heavy (non-hydrogen) atoms. The van der Waals surface area contributed by atoms with E-state index < -0.39 is 21.8 Å². The first-order valence-electron chi connectivity index (χ1n) is 9.21. The maximum atomic E-state index is 12.5.